The Hall–Kier alpha value is -2.01. The van der Waals surface area contributed by atoms with Crippen LogP contribution >= 0.6 is 11.8 Å². The van der Waals surface area contributed by atoms with Gasteiger partial charge in [-0.15, -0.1) is 11.8 Å². The van der Waals surface area contributed by atoms with Crippen LogP contribution in [0.25, 0.3) is 6.08 Å². The van der Waals surface area contributed by atoms with Crippen LogP contribution in [0.2, 0.25) is 0 Å². The molecule has 0 atom stereocenters. The molecule has 2 rings (SSSR count). The third-order valence-corrected chi connectivity index (χ3v) is 4.66. The molecule has 1 aliphatic rings. The van der Waals surface area contributed by atoms with Crippen molar-refractivity contribution in [2.24, 2.45) is 10.9 Å². The molecule has 0 fully saturated rings. The molecular weight excluding hydrogens is 308 g/mol. The summed E-state index contributed by atoms with van der Waals surface area (Å²) in [5.74, 6) is 1.80. The minimum atomic E-state index is -0.0868. The number of nitrogens with zero attached hydrogens (tertiary/aromatic N) is 2. The molecule has 0 saturated carbocycles. The lowest BCUT2D eigenvalue weighted by atomic mass is 10.2. The van der Waals surface area contributed by atoms with Gasteiger partial charge in [0.05, 0.1) is 7.11 Å². The van der Waals surface area contributed by atoms with Gasteiger partial charge in [-0.3, -0.25) is 9.69 Å². The van der Waals surface area contributed by atoms with Crippen molar-refractivity contribution >= 4 is 29.6 Å². The van der Waals surface area contributed by atoms with Crippen LogP contribution in [0.1, 0.15) is 19.4 Å². The molecule has 0 N–H and O–H groups in total. The molecule has 122 valence electrons. The molecule has 0 aliphatic carbocycles. The van der Waals surface area contributed by atoms with Crippen LogP contribution in [-0.4, -0.2) is 37.1 Å². The SMILES string of the molecule is COc1ccc(/C=C2N=C(/C=C(\SC)C(C)C)N(C)C\2=O)cc1. The minimum Gasteiger partial charge on any atom is -0.497 e. The summed E-state index contributed by atoms with van der Waals surface area (Å²) in [7, 11) is 3.38. The summed E-state index contributed by atoms with van der Waals surface area (Å²) < 4.78 is 5.14. The predicted octanol–water partition coefficient (Wildman–Crippen LogP) is 3.81. The lowest BCUT2D eigenvalue weighted by Crippen LogP contribution is -2.26. The Morgan fingerprint density at radius 2 is 1.96 bits per heavy atom. The normalized spacial score (nSPS) is 17.2. The first-order valence-electron chi connectivity index (χ1n) is 7.44. The summed E-state index contributed by atoms with van der Waals surface area (Å²) in [5, 5.41) is 0. The van der Waals surface area contributed by atoms with E-state index in [1.807, 2.05) is 36.6 Å². The van der Waals surface area contributed by atoms with E-state index in [0.717, 1.165) is 11.3 Å². The van der Waals surface area contributed by atoms with Gasteiger partial charge in [0.25, 0.3) is 5.91 Å². The number of ether oxygens (including phenoxy) is 1. The highest BCUT2D eigenvalue weighted by Gasteiger charge is 2.26. The molecule has 5 heteroatoms. The maximum absolute atomic E-state index is 12.4. The van der Waals surface area contributed by atoms with Gasteiger partial charge in [0.2, 0.25) is 0 Å². The zero-order valence-electron chi connectivity index (χ0n) is 14.2. The maximum atomic E-state index is 12.4. The first-order valence-corrected chi connectivity index (χ1v) is 8.66. The number of likely N-dealkylation sites (N-methyl/N-ethyl adjacent to an activating group) is 1. The minimum absolute atomic E-state index is 0.0868. The molecule has 0 spiro atoms. The van der Waals surface area contributed by atoms with Crippen molar-refractivity contribution in [3.05, 3.63) is 46.5 Å². The van der Waals surface area contributed by atoms with Crippen molar-refractivity contribution in [1.29, 1.82) is 0 Å². The van der Waals surface area contributed by atoms with Gasteiger partial charge in [-0.25, -0.2) is 4.99 Å². The lowest BCUT2D eigenvalue weighted by molar-refractivity contribution is -0.121. The van der Waals surface area contributed by atoms with E-state index in [2.05, 4.69) is 18.8 Å². The molecule has 0 radical (unpaired) electrons. The summed E-state index contributed by atoms with van der Waals surface area (Å²) >= 11 is 1.69. The van der Waals surface area contributed by atoms with Crippen LogP contribution in [0.15, 0.2) is 45.9 Å². The van der Waals surface area contributed by atoms with E-state index in [0.29, 0.717) is 17.5 Å². The summed E-state index contributed by atoms with van der Waals surface area (Å²) in [5.41, 5.74) is 1.37. The second kappa shape index (κ2) is 7.51. The molecule has 1 aliphatic heterocycles. The number of carbonyl (C=O) groups is 1. The first kappa shape index (κ1) is 17.3. The van der Waals surface area contributed by atoms with Crippen molar-refractivity contribution in [3.8, 4) is 5.75 Å². The second-order valence-electron chi connectivity index (χ2n) is 5.54. The van der Waals surface area contributed by atoms with Gasteiger partial charge in [0.1, 0.15) is 17.3 Å². The number of amidine groups is 1. The Morgan fingerprint density at radius 1 is 1.30 bits per heavy atom. The average molecular weight is 330 g/mol. The van der Waals surface area contributed by atoms with E-state index < -0.39 is 0 Å². The van der Waals surface area contributed by atoms with Crippen molar-refractivity contribution in [1.82, 2.24) is 4.90 Å². The van der Waals surface area contributed by atoms with Crippen molar-refractivity contribution in [2.45, 2.75) is 13.8 Å². The molecule has 1 aromatic rings. The number of methoxy groups -OCH3 is 1. The van der Waals surface area contributed by atoms with E-state index >= 15 is 0 Å². The standard InChI is InChI=1S/C18H22N2O2S/c1-12(2)16(23-5)11-17-19-15(18(21)20(17)3)10-13-6-8-14(22-4)9-7-13/h6-12H,1-5H3/b15-10-,16-11-. The monoisotopic (exact) mass is 330 g/mol. The van der Waals surface area contributed by atoms with E-state index in [4.69, 9.17) is 4.74 Å². The van der Waals surface area contributed by atoms with Crippen LogP contribution in [0.5, 0.6) is 5.75 Å². The van der Waals surface area contributed by atoms with Crippen LogP contribution in [0, 0.1) is 5.92 Å². The molecule has 1 heterocycles. The number of hydrogen-bond donors (Lipinski definition) is 0. The quantitative estimate of drug-likeness (QED) is 0.771. The summed E-state index contributed by atoms with van der Waals surface area (Å²) in [4.78, 5) is 19.7. The molecule has 1 aromatic carbocycles. The Kier molecular flexibility index (Phi) is 5.66. The second-order valence-corrected chi connectivity index (χ2v) is 6.42. The van der Waals surface area contributed by atoms with Crippen molar-refractivity contribution < 1.29 is 9.53 Å². The summed E-state index contributed by atoms with van der Waals surface area (Å²) in [6.07, 6.45) is 5.83. The molecule has 23 heavy (non-hydrogen) atoms. The van der Waals surface area contributed by atoms with Crippen molar-refractivity contribution in [3.63, 3.8) is 0 Å². The highest BCUT2D eigenvalue weighted by Crippen LogP contribution is 2.25. The Bertz CT molecular complexity index is 673. The van der Waals surface area contributed by atoms with Crippen LogP contribution in [0.3, 0.4) is 0 Å². The third-order valence-electron chi connectivity index (χ3n) is 3.60. The number of benzene rings is 1. The van der Waals surface area contributed by atoms with E-state index in [1.165, 1.54) is 4.91 Å². The molecule has 1 amide bonds. The average Bonchev–Trinajstić information content (AvgIpc) is 2.81. The Balaban J connectivity index is 2.32. The predicted molar refractivity (Wildman–Crippen MR) is 97.6 cm³/mol. The van der Waals surface area contributed by atoms with Gasteiger partial charge < -0.3 is 4.74 Å². The molecule has 0 bridgehead atoms. The Morgan fingerprint density at radius 3 is 2.48 bits per heavy atom. The largest absolute Gasteiger partial charge is 0.497 e. The topological polar surface area (TPSA) is 41.9 Å². The number of amides is 1. The molecule has 0 unspecified atom stereocenters. The highest BCUT2D eigenvalue weighted by atomic mass is 32.2. The van der Waals surface area contributed by atoms with Gasteiger partial charge in [0.15, 0.2) is 0 Å². The highest BCUT2D eigenvalue weighted by molar-refractivity contribution is 8.02. The number of aliphatic imine (C=N–C) groups is 1. The summed E-state index contributed by atoms with van der Waals surface area (Å²) in [6, 6.07) is 7.54. The fraction of sp³-hybridized carbons (Fsp3) is 0.333. The number of carbonyl (C=O) groups excluding carboxylic acids is 1. The molecule has 0 aromatic heterocycles. The van der Waals surface area contributed by atoms with Gasteiger partial charge in [-0.05, 0) is 46.9 Å². The number of hydrogen-bond acceptors (Lipinski definition) is 4. The molecular formula is C18H22N2O2S. The third kappa shape index (κ3) is 4.05. The fourth-order valence-corrected chi connectivity index (χ4v) is 2.89. The van der Waals surface area contributed by atoms with Gasteiger partial charge in [-0.2, -0.15) is 0 Å². The Labute approximate surface area is 141 Å². The van der Waals surface area contributed by atoms with E-state index in [-0.39, 0.29) is 5.91 Å². The van der Waals surface area contributed by atoms with Crippen LogP contribution in [0.4, 0.5) is 0 Å². The van der Waals surface area contributed by atoms with Crippen molar-refractivity contribution in [2.75, 3.05) is 20.4 Å². The first-order chi connectivity index (χ1) is 11.0. The number of thioether (sulfide) groups is 1. The van der Waals surface area contributed by atoms with Gasteiger partial charge in [0, 0.05) is 7.05 Å². The van der Waals surface area contributed by atoms with Gasteiger partial charge >= 0.3 is 0 Å². The maximum Gasteiger partial charge on any atom is 0.277 e. The fourth-order valence-electron chi connectivity index (χ4n) is 2.19. The lowest BCUT2D eigenvalue weighted by Gasteiger charge is -2.12. The van der Waals surface area contributed by atoms with Gasteiger partial charge in [-0.1, -0.05) is 26.0 Å². The van der Waals surface area contributed by atoms with Crippen LogP contribution in [-0.2, 0) is 4.79 Å². The van der Waals surface area contributed by atoms with E-state index in [9.17, 15) is 4.79 Å². The summed E-state index contributed by atoms with van der Waals surface area (Å²) in [6.45, 7) is 4.27. The smallest absolute Gasteiger partial charge is 0.277 e. The number of allylic oxidation sites excluding steroid dienone is 1. The molecule has 4 nitrogen and oxygen atoms in total. The number of rotatable bonds is 5. The zero-order chi connectivity index (χ0) is 17.0. The van der Waals surface area contributed by atoms with E-state index in [1.54, 1.807) is 36.9 Å². The van der Waals surface area contributed by atoms with Crippen LogP contribution < -0.4 is 4.74 Å². The molecule has 0 saturated heterocycles. The zero-order valence-corrected chi connectivity index (χ0v) is 15.0.